The minimum atomic E-state index is -0.234. The molecule has 1 N–H and O–H groups in total. The maximum absolute atomic E-state index is 13.4. The van der Waals surface area contributed by atoms with Crippen molar-refractivity contribution in [3.8, 4) is 5.75 Å². The smallest absolute Gasteiger partial charge is 0.123 e. The molecule has 0 aliphatic rings. The third kappa shape index (κ3) is 5.03. The first kappa shape index (κ1) is 15.8. The van der Waals surface area contributed by atoms with E-state index in [0.29, 0.717) is 11.6 Å². The lowest BCUT2D eigenvalue weighted by molar-refractivity contribution is 0.266. The van der Waals surface area contributed by atoms with Crippen molar-refractivity contribution < 1.29 is 9.13 Å². The predicted octanol–water partition coefficient (Wildman–Crippen LogP) is 4.60. The Morgan fingerprint density at radius 3 is 2.62 bits per heavy atom. The molecular weight excluding hydrogens is 289 g/mol. The van der Waals surface area contributed by atoms with Crippen LogP contribution in [0.25, 0.3) is 0 Å². The van der Waals surface area contributed by atoms with Gasteiger partial charge in [0, 0.05) is 5.02 Å². The summed E-state index contributed by atoms with van der Waals surface area (Å²) in [5.41, 5.74) is 0.886. The fourth-order valence-electron chi connectivity index (χ4n) is 2.03. The second kappa shape index (κ2) is 8.01. The maximum Gasteiger partial charge on any atom is 0.123 e. The monoisotopic (exact) mass is 307 g/mol. The third-order valence-corrected chi connectivity index (χ3v) is 3.37. The van der Waals surface area contributed by atoms with Crippen LogP contribution in [-0.4, -0.2) is 13.2 Å². The van der Waals surface area contributed by atoms with Crippen molar-refractivity contribution >= 4 is 11.6 Å². The summed E-state index contributed by atoms with van der Waals surface area (Å²) in [7, 11) is 0. The first-order valence-corrected chi connectivity index (χ1v) is 7.44. The molecule has 0 aromatic heterocycles. The van der Waals surface area contributed by atoms with Crippen molar-refractivity contribution in [3.05, 3.63) is 64.9 Å². The fourth-order valence-corrected chi connectivity index (χ4v) is 2.15. The minimum Gasteiger partial charge on any atom is -0.492 e. The average Bonchev–Trinajstić information content (AvgIpc) is 2.49. The van der Waals surface area contributed by atoms with Crippen LogP contribution < -0.4 is 10.1 Å². The van der Waals surface area contributed by atoms with Gasteiger partial charge in [0.2, 0.25) is 0 Å². The Labute approximate surface area is 129 Å². The average molecular weight is 308 g/mol. The molecule has 0 fully saturated rings. The van der Waals surface area contributed by atoms with Crippen molar-refractivity contribution in [1.82, 2.24) is 5.32 Å². The van der Waals surface area contributed by atoms with E-state index in [0.717, 1.165) is 24.3 Å². The number of hydrogen-bond acceptors (Lipinski definition) is 2. The lowest BCUT2D eigenvalue weighted by Gasteiger charge is -2.19. The first-order valence-electron chi connectivity index (χ1n) is 7.06. The molecule has 1 unspecified atom stereocenters. The summed E-state index contributed by atoms with van der Waals surface area (Å²) in [6.45, 7) is 3.38. The van der Waals surface area contributed by atoms with E-state index in [9.17, 15) is 4.39 Å². The SMILES string of the molecule is CCCNC(COc1ccc(Cl)cc1)c1cccc(F)c1. The first-order chi connectivity index (χ1) is 10.2. The van der Waals surface area contributed by atoms with Crippen molar-refractivity contribution in [2.45, 2.75) is 19.4 Å². The summed E-state index contributed by atoms with van der Waals surface area (Å²) in [4.78, 5) is 0. The Bertz CT molecular complexity index is 559. The molecule has 0 bridgehead atoms. The highest BCUT2D eigenvalue weighted by Crippen LogP contribution is 2.19. The molecule has 4 heteroatoms. The third-order valence-electron chi connectivity index (χ3n) is 3.12. The molecule has 0 aliphatic heterocycles. The van der Waals surface area contributed by atoms with Crippen LogP contribution in [0.2, 0.25) is 5.02 Å². The maximum atomic E-state index is 13.4. The zero-order valence-corrected chi connectivity index (χ0v) is 12.7. The highest BCUT2D eigenvalue weighted by atomic mass is 35.5. The van der Waals surface area contributed by atoms with Crippen molar-refractivity contribution in [1.29, 1.82) is 0 Å². The largest absolute Gasteiger partial charge is 0.492 e. The highest BCUT2D eigenvalue weighted by Gasteiger charge is 2.12. The van der Waals surface area contributed by atoms with Crippen LogP contribution >= 0.6 is 11.6 Å². The number of halogens is 2. The molecule has 0 heterocycles. The van der Waals surface area contributed by atoms with E-state index in [4.69, 9.17) is 16.3 Å². The molecule has 2 rings (SSSR count). The van der Waals surface area contributed by atoms with Crippen LogP contribution in [0.4, 0.5) is 4.39 Å². The van der Waals surface area contributed by atoms with E-state index in [1.165, 1.54) is 6.07 Å². The van der Waals surface area contributed by atoms with E-state index in [1.54, 1.807) is 24.3 Å². The number of hydrogen-bond donors (Lipinski definition) is 1. The van der Waals surface area contributed by atoms with Gasteiger partial charge in [0.05, 0.1) is 6.04 Å². The van der Waals surface area contributed by atoms with Crippen LogP contribution in [-0.2, 0) is 0 Å². The van der Waals surface area contributed by atoms with E-state index in [-0.39, 0.29) is 11.9 Å². The molecule has 2 nitrogen and oxygen atoms in total. The van der Waals surface area contributed by atoms with Gasteiger partial charge in [0.15, 0.2) is 0 Å². The Morgan fingerprint density at radius 1 is 1.19 bits per heavy atom. The standard InChI is InChI=1S/C17H19ClFNO/c1-2-10-20-17(13-4-3-5-15(19)11-13)12-21-16-8-6-14(18)7-9-16/h3-9,11,17,20H,2,10,12H2,1H3. The second-order valence-corrected chi connectivity index (χ2v) is 5.26. The Kier molecular flexibility index (Phi) is 6.03. The molecule has 2 aromatic carbocycles. The second-order valence-electron chi connectivity index (χ2n) is 4.83. The van der Waals surface area contributed by atoms with E-state index >= 15 is 0 Å². The molecule has 0 radical (unpaired) electrons. The molecule has 0 spiro atoms. The summed E-state index contributed by atoms with van der Waals surface area (Å²) in [6.07, 6.45) is 1.01. The normalized spacial score (nSPS) is 12.1. The molecular formula is C17H19ClFNO. The van der Waals surface area contributed by atoms with E-state index in [2.05, 4.69) is 12.2 Å². The molecule has 1 atom stereocenters. The summed E-state index contributed by atoms with van der Waals surface area (Å²) in [6, 6.07) is 13.8. The Hall–Kier alpha value is -1.58. The minimum absolute atomic E-state index is 0.0451. The number of nitrogens with one attached hydrogen (secondary N) is 1. The van der Waals surface area contributed by atoms with E-state index < -0.39 is 0 Å². The number of rotatable bonds is 7. The Balaban J connectivity index is 2.04. The van der Waals surface area contributed by atoms with Gasteiger partial charge in [-0.05, 0) is 54.9 Å². The van der Waals surface area contributed by atoms with Gasteiger partial charge in [-0.25, -0.2) is 4.39 Å². The topological polar surface area (TPSA) is 21.3 Å². The van der Waals surface area contributed by atoms with Crippen molar-refractivity contribution in [2.24, 2.45) is 0 Å². The van der Waals surface area contributed by atoms with Crippen LogP contribution in [0.15, 0.2) is 48.5 Å². The van der Waals surface area contributed by atoms with Gasteiger partial charge < -0.3 is 10.1 Å². The van der Waals surface area contributed by atoms with E-state index in [1.807, 2.05) is 18.2 Å². The van der Waals surface area contributed by atoms with Crippen LogP contribution in [0, 0.1) is 5.82 Å². The van der Waals surface area contributed by atoms with Gasteiger partial charge in [0.25, 0.3) is 0 Å². The van der Waals surface area contributed by atoms with Gasteiger partial charge >= 0.3 is 0 Å². The van der Waals surface area contributed by atoms with Crippen LogP contribution in [0.3, 0.4) is 0 Å². The molecule has 2 aromatic rings. The van der Waals surface area contributed by atoms with Crippen LogP contribution in [0.5, 0.6) is 5.75 Å². The lowest BCUT2D eigenvalue weighted by atomic mass is 10.1. The van der Waals surface area contributed by atoms with Gasteiger partial charge in [-0.2, -0.15) is 0 Å². The summed E-state index contributed by atoms with van der Waals surface area (Å²) in [5.74, 6) is 0.515. The molecule has 0 aliphatic carbocycles. The highest BCUT2D eigenvalue weighted by molar-refractivity contribution is 6.30. The summed E-state index contributed by atoms with van der Waals surface area (Å²) in [5, 5.41) is 4.05. The fraction of sp³-hybridized carbons (Fsp3) is 0.294. The molecule has 21 heavy (non-hydrogen) atoms. The van der Waals surface area contributed by atoms with Crippen LogP contribution in [0.1, 0.15) is 24.9 Å². The molecule has 0 saturated heterocycles. The summed E-state index contributed by atoms with van der Waals surface area (Å²) < 4.78 is 19.1. The van der Waals surface area contributed by atoms with Gasteiger partial charge in [-0.1, -0.05) is 30.7 Å². The van der Waals surface area contributed by atoms with Crippen molar-refractivity contribution in [3.63, 3.8) is 0 Å². The van der Waals surface area contributed by atoms with Gasteiger partial charge in [-0.3, -0.25) is 0 Å². The molecule has 0 saturated carbocycles. The summed E-state index contributed by atoms with van der Waals surface area (Å²) >= 11 is 5.85. The molecule has 0 amide bonds. The van der Waals surface area contributed by atoms with Crippen molar-refractivity contribution in [2.75, 3.05) is 13.2 Å². The zero-order valence-electron chi connectivity index (χ0n) is 12.0. The number of ether oxygens (including phenoxy) is 1. The van der Waals surface area contributed by atoms with Gasteiger partial charge in [0.1, 0.15) is 18.2 Å². The predicted molar refractivity (Wildman–Crippen MR) is 84.4 cm³/mol. The lowest BCUT2D eigenvalue weighted by Crippen LogP contribution is -2.27. The number of benzene rings is 2. The molecule has 112 valence electrons. The quantitative estimate of drug-likeness (QED) is 0.807. The van der Waals surface area contributed by atoms with Gasteiger partial charge in [-0.15, -0.1) is 0 Å². The zero-order chi connectivity index (χ0) is 15.1. The Morgan fingerprint density at radius 2 is 1.95 bits per heavy atom.